The molecule has 0 unspecified atom stereocenters. The van der Waals surface area contributed by atoms with Gasteiger partial charge >= 0.3 is 0 Å². The van der Waals surface area contributed by atoms with Crippen LogP contribution in [-0.2, 0) is 0 Å². The Kier molecular flexibility index (Phi) is 31.2. The van der Waals surface area contributed by atoms with Gasteiger partial charge in [0.1, 0.15) is 23.0 Å². The lowest BCUT2D eigenvalue weighted by Gasteiger charge is -2.32. The number of aryl methyl sites for hydroxylation is 2. The van der Waals surface area contributed by atoms with Gasteiger partial charge in [0.25, 0.3) is 0 Å². The Morgan fingerprint density at radius 3 is 1.18 bits per heavy atom. The second-order valence-corrected chi connectivity index (χ2v) is 24.2. The van der Waals surface area contributed by atoms with E-state index in [1.165, 1.54) is 96.6 Å². The standard InChI is InChI=1S/C21H24N2O2.C20H22N2O2.C20H21NO3.C20H21NO2.3CH4/c1-16-3-4-18(21(15-16)25-2)7-10-20(24)17-5-8-19(9-6-17)23-13-11-22-12-14-23;1-16-2-4-17(5-3-16)6-11-20(23)18-7-9-19(10-8-18)21-12-14-22(24)15-13-21;22-17-9-10-18(20(24)14-17)19(23)11-6-15-4-7-16(8-5-15)21-12-2-1-3-13-21;22-19-11-7-17(8-12-19)20(23)13-6-16-4-9-18(10-5-16)21-14-2-1-3-15-21;;;/h3-10,15,22H,11-14H2,1-2H3;2-11,24H,12-15H2,1H3;4-11,14,22,24H,1-3,12-13H2;4-13,22H,1-3,14-15H2;3*1H4/b10-7+;2*11-6+;13-6+;;;. The minimum Gasteiger partial charge on any atom is -0.508 e. The fraction of sp³-hybridized carbons (Fsp3) is 0.286. The van der Waals surface area contributed by atoms with E-state index in [-0.39, 0.29) is 68.2 Å². The van der Waals surface area contributed by atoms with E-state index >= 15 is 0 Å². The number of benzene rings is 8. The van der Waals surface area contributed by atoms with Crippen LogP contribution in [0.25, 0.3) is 24.3 Å². The van der Waals surface area contributed by atoms with E-state index in [1.54, 1.807) is 43.5 Å². The summed E-state index contributed by atoms with van der Waals surface area (Å²) >= 11 is 0. The number of nitrogens with one attached hydrogen (secondary N) is 1. The van der Waals surface area contributed by atoms with E-state index in [0.717, 1.165) is 111 Å². The molecule has 8 aromatic carbocycles. The molecule has 5 N–H and O–H groups in total. The van der Waals surface area contributed by atoms with E-state index in [4.69, 9.17) is 4.74 Å². The van der Waals surface area contributed by atoms with Crippen molar-refractivity contribution in [2.24, 2.45) is 0 Å². The van der Waals surface area contributed by atoms with Crippen LogP contribution in [0, 0.1) is 13.8 Å². The van der Waals surface area contributed by atoms with Crippen molar-refractivity contribution in [3.8, 4) is 23.0 Å². The van der Waals surface area contributed by atoms with E-state index in [1.807, 2.05) is 147 Å². The number of methoxy groups -OCH3 is 1. The number of aromatic hydroxyl groups is 3. The molecule has 0 aromatic heterocycles. The molecular weight excluding hydrogens is 1240 g/mol. The predicted molar refractivity (Wildman–Crippen MR) is 409 cm³/mol. The number of rotatable bonds is 17. The first-order valence-corrected chi connectivity index (χ1v) is 33.1. The quantitative estimate of drug-likeness (QED) is 0.0428. The van der Waals surface area contributed by atoms with Crippen LogP contribution in [0.3, 0.4) is 0 Å². The Hall–Kier alpha value is -10.3. The number of phenolic OH excluding ortho intramolecular Hbond substituents is 3. The maximum atomic E-state index is 12.4. The Bertz CT molecular complexity index is 3930. The highest BCUT2D eigenvalue weighted by Gasteiger charge is 2.18. The van der Waals surface area contributed by atoms with Gasteiger partial charge in [-0.3, -0.25) is 19.2 Å². The van der Waals surface area contributed by atoms with Gasteiger partial charge in [-0.2, -0.15) is 5.06 Å². The second kappa shape index (κ2) is 39.8. The van der Waals surface area contributed by atoms with Crippen molar-refractivity contribution >= 4 is 70.2 Å². The summed E-state index contributed by atoms with van der Waals surface area (Å²) in [6, 6.07) is 56.3. The highest BCUT2D eigenvalue weighted by molar-refractivity contribution is 6.09. The number of piperidine rings is 2. The van der Waals surface area contributed by atoms with Crippen LogP contribution in [0.2, 0.25) is 0 Å². The maximum Gasteiger partial charge on any atom is 0.189 e. The van der Waals surface area contributed by atoms with E-state index in [9.17, 15) is 39.7 Å². The van der Waals surface area contributed by atoms with Crippen molar-refractivity contribution in [2.45, 2.75) is 74.7 Å². The van der Waals surface area contributed by atoms with Crippen LogP contribution in [0.1, 0.15) is 136 Å². The molecule has 15 nitrogen and oxygen atoms in total. The highest BCUT2D eigenvalue weighted by Crippen LogP contribution is 2.27. The van der Waals surface area contributed by atoms with Crippen molar-refractivity contribution in [2.75, 3.05) is 105 Å². The number of hydroxylamine groups is 2. The number of hydrogen-bond donors (Lipinski definition) is 5. The molecule has 4 heterocycles. The Morgan fingerprint density at radius 2 is 0.747 bits per heavy atom. The number of nitrogens with zero attached hydrogens (tertiary/aromatic N) is 5. The summed E-state index contributed by atoms with van der Waals surface area (Å²) in [4.78, 5) is 58.2. The smallest absolute Gasteiger partial charge is 0.189 e. The fourth-order valence-corrected chi connectivity index (χ4v) is 11.5. The predicted octanol–water partition coefficient (Wildman–Crippen LogP) is 16.9. The SMILES string of the molecule is C.C.C.COc1cc(C)ccc1/C=C/C(=O)c1ccc(N2CCNCC2)cc1.Cc1ccc(/C=C/C(=O)c2ccc(N3CCN(O)CC3)cc2)cc1.O=C(/C=C/c1ccc(N2CCCCC2)cc1)c1ccc(O)cc1.O=C(/C=C/c1ccc(N2CCCCC2)cc1)c1ccc(O)cc1O. The lowest BCUT2D eigenvalue weighted by atomic mass is 10.1. The third kappa shape index (κ3) is 24.0. The zero-order chi connectivity index (χ0) is 67.6. The van der Waals surface area contributed by atoms with Crippen LogP contribution in [0.4, 0.5) is 22.7 Å². The Labute approximate surface area is 586 Å². The van der Waals surface area contributed by atoms with Crippen molar-refractivity contribution in [1.82, 2.24) is 10.4 Å². The molecule has 0 aliphatic carbocycles. The number of phenols is 3. The number of ether oxygens (including phenoxy) is 1. The molecule has 0 radical (unpaired) electrons. The van der Waals surface area contributed by atoms with Gasteiger partial charge in [-0.1, -0.05) is 107 Å². The summed E-state index contributed by atoms with van der Waals surface area (Å²) < 4.78 is 5.37. The number of piperazine rings is 2. The molecule has 520 valence electrons. The average Bonchev–Trinajstić information content (AvgIpc) is 0.965. The minimum absolute atomic E-state index is 0. The lowest BCUT2D eigenvalue weighted by molar-refractivity contribution is -0.0935. The lowest BCUT2D eigenvalue weighted by Crippen LogP contribution is -2.44. The highest BCUT2D eigenvalue weighted by atomic mass is 16.5. The molecule has 0 spiro atoms. The molecule has 15 heteroatoms. The number of carbonyl (C=O) groups is 4. The molecule has 99 heavy (non-hydrogen) atoms. The largest absolute Gasteiger partial charge is 0.508 e. The van der Waals surface area contributed by atoms with Gasteiger partial charge in [0.05, 0.1) is 12.7 Å². The first-order chi connectivity index (χ1) is 46.6. The third-order valence-electron chi connectivity index (χ3n) is 17.2. The third-order valence-corrected chi connectivity index (χ3v) is 17.2. The molecule has 4 fully saturated rings. The Morgan fingerprint density at radius 1 is 0.384 bits per heavy atom. The summed E-state index contributed by atoms with van der Waals surface area (Å²) in [5, 5.41) is 42.3. The molecular formula is C84H100N6O9. The van der Waals surface area contributed by atoms with Crippen LogP contribution in [0.5, 0.6) is 23.0 Å². The van der Waals surface area contributed by atoms with Gasteiger partial charge in [-0.05, 0) is 220 Å². The van der Waals surface area contributed by atoms with Gasteiger partial charge in [-0.15, -0.1) is 0 Å². The summed E-state index contributed by atoms with van der Waals surface area (Å²) in [7, 11) is 1.64. The van der Waals surface area contributed by atoms with Crippen molar-refractivity contribution in [3.63, 3.8) is 0 Å². The first kappa shape index (κ1) is 77.7. The summed E-state index contributed by atoms with van der Waals surface area (Å²) in [5.74, 6) is 0.290. The fourth-order valence-electron chi connectivity index (χ4n) is 11.5. The van der Waals surface area contributed by atoms with E-state index in [2.05, 4.69) is 49.2 Å². The average molecular weight is 1340 g/mol. The maximum absolute atomic E-state index is 12.4. The number of anilines is 4. The normalized spacial score (nSPS) is 14.7. The number of hydrogen-bond acceptors (Lipinski definition) is 15. The molecule has 0 amide bonds. The minimum atomic E-state index is -0.299. The van der Waals surface area contributed by atoms with Gasteiger partial charge < -0.3 is 50.2 Å². The second-order valence-electron chi connectivity index (χ2n) is 24.2. The molecule has 4 aliphatic heterocycles. The Balaban J connectivity index is 0.000000206. The van der Waals surface area contributed by atoms with Gasteiger partial charge in [0.15, 0.2) is 23.1 Å². The summed E-state index contributed by atoms with van der Waals surface area (Å²) in [5.41, 5.74) is 13.1. The summed E-state index contributed by atoms with van der Waals surface area (Å²) in [6.45, 7) is 15.4. The van der Waals surface area contributed by atoms with Crippen molar-refractivity contribution in [3.05, 3.63) is 262 Å². The molecule has 4 aliphatic rings. The molecule has 8 aromatic rings. The molecule has 12 rings (SSSR count). The van der Waals surface area contributed by atoms with E-state index < -0.39 is 0 Å². The zero-order valence-corrected chi connectivity index (χ0v) is 55.2. The molecule has 0 bridgehead atoms. The first-order valence-electron chi connectivity index (χ1n) is 33.1. The number of ketones is 4. The molecule has 0 atom stereocenters. The van der Waals surface area contributed by atoms with Crippen molar-refractivity contribution < 1.29 is 44.4 Å². The van der Waals surface area contributed by atoms with Crippen LogP contribution in [0.15, 0.2) is 206 Å². The zero-order valence-electron chi connectivity index (χ0n) is 55.2. The van der Waals surface area contributed by atoms with Crippen LogP contribution < -0.4 is 29.7 Å². The topological polar surface area (TPSA) is 187 Å². The van der Waals surface area contributed by atoms with Crippen LogP contribution in [-0.4, -0.2) is 134 Å². The van der Waals surface area contributed by atoms with Gasteiger partial charge in [0.2, 0.25) is 0 Å². The number of allylic oxidation sites excluding steroid dienone is 4. The number of carbonyl (C=O) groups excluding carboxylic acids is 4. The molecule has 4 saturated heterocycles. The van der Waals surface area contributed by atoms with Crippen molar-refractivity contribution in [1.29, 1.82) is 0 Å². The monoisotopic (exact) mass is 1340 g/mol. The van der Waals surface area contributed by atoms with Crippen LogP contribution >= 0.6 is 0 Å². The van der Waals surface area contributed by atoms with E-state index in [0.29, 0.717) is 29.8 Å². The summed E-state index contributed by atoms with van der Waals surface area (Å²) in [6.07, 6.45) is 21.1. The van der Waals surface area contributed by atoms with Gasteiger partial charge in [-0.25, -0.2) is 0 Å². The molecule has 0 saturated carbocycles. The van der Waals surface area contributed by atoms with Gasteiger partial charge in [0, 0.05) is 130 Å².